The first kappa shape index (κ1) is 66.9. The first-order chi connectivity index (χ1) is 34.5. The van der Waals surface area contributed by atoms with Gasteiger partial charge in [0.05, 0.1) is 0 Å². The van der Waals surface area contributed by atoms with Crippen LogP contribution in [0.5, 0.6) is 0 Å². The normalized spacial score (nSPS) is 12.6. The Labute approximate surface area is 433 Å². The maximum Gasteiger partial charge on any atom is 0.306 e. The van der Waals surface area contributed by atoms with Crippen molar-refractivity contribution in [3.8, 4) is 0 Å². The van der Waals surface area contributed by atoms with Crippen LogP contribution in [0, 0.1) is 0 Å². The van der Waals surface area contributed by atoms with Gasteiger partial charge in [0.25, 0.3) is 0 Å². The zero-order chi connectivity index (χ0) is 50.7. The van der Waals surface area contributed by atoms with Crippen LogP contribution in [-0.2, 0) is 28.6 Å². The van der Waals surface area contributed by atoms with E-state index in [1.165, 1.54) is 154 Å². The Morgan fingerprint density at radius 3 is 0.929 bits per heavy atom. The first-order valence-electron chi connectivity index (χ1n) is 29.9. The topological polar surface area (TPSA) is 78.9 Å². The van der Waals surface area contributed by atoms with E-state index < -0.39 is 6.10 Å². The molecular formula is C64H112O6. The molecule has 0 aromatic rings. The number of hydrogen-bond donors (Lipinski definition) is 0. The molecule has 0 saturated heterocycles. The molecule has 70 heavy (non-hydrogen) atoms. The molecular weight excluding hydrogens is 865 g/mol. The molecule has 0 fully saturated rings. The lowest BCUT2D eigenvalue weighted by molar-refractivity contribution is -0.167. The van der Waals surface area contributed by atoms with Crippen molar-refractivity contribution in [2.75, 3.05) is 13.2 Å². The Kier molecular flexibility index (Phi) is 55.8. The molecule has 0 heterocycles. The van der Waals surface area contributed by atoms with Crippen LogP contribution in [0.25, 0.3) is 0 Å². The van der Waals surface area contributed by atoms with Crippen LogP contribution in [0.1, 0.15) is 297 Å². The van der Waals surface area contributed by atoms with E-state index in [4.69, 9.17) is 14.2 Å². The molecule has 0 saturated carbocycles. The van der Waals surface area contributed by atoms with Crippen LogP contribution in [0.3, 0.4) is 0 Å². The number of unbranched alkanes of at least 4 members (excludes halogenated alkanes) is 31. The zero-order valence-electron chi connectivity index (χ0n) is 46.3. The molecule has 0 aliphatic heterocycles. The lowest BCUT2D eigenvalue weighted by Gasteiger charge is -2.18. The van der Waals surface area contributed by atoms with Crippen molar-refractivity contribution >= 4 is 17.9 Å². The van der Waals surface area contributed by atoms with E-state index in [2.05, 4.69) is 93.7 Å². The summed E-state index contributed by atoms with van der Waals surface area (Å²) in [5, 5.41) is 0. The second-order valence-electron chi connectivity index (χ2n) is 19.9. The molecule has 0 aromatic carbocycles. The number of carbonyl (C=O) groups excluding carboxylic acids is 3. The average Bonchev–Trinajstić information content (AvgIpc) is 3.36. The smallest absolute Gasteiger partial charge is 0.306 e. The SMILES string of the molecule is CC/C=C\C/C=C\C/C=C\C/C=C\C/C=C\CCCCCCCCCCCCCCCCCCCC(=O)OCC(COC(=O)CCCCCCCCCC)OC(=O)CCCCCCC/C=C\CCCC. The molecule has 0 aliphatic rings. The molecule has 0 aliphatic carbocycles. The van der Waals surface area contributed by atoms with Crippen molar-refractivity contribution < 1.29 is 28.6 Å². The van der Waals surface area contributed by atoms with Crippen molar-refractivity contribution in [2.24, 2.45) is 0 Å². The van der Waals surface area contributed by atoms with Crippen molar-refractivity contribution in [3.63, 3.8) is 0 Å². The van der Waals surface area contributed by atoms with Gasteiger partial charge >= 0.3 is 17.9 Å². The van der Waals surface area contributed by atoms with Gasteiger partial charge in [-0.25, -0.2) is 0 Å². The van der Waals surface area contributed by atoms with Crippen LogP contribution < -0.4 is 0 Å². The zero-order valence-corrected chi connectivity index (χ0v) is 46.3. The van der Waals surface area contributed by atoms with Gasteiger partial charge in [-0.05, 0) is 83.5 Å². The van der Waals surface area contributed by atoms with Gasteiger partial charge in [0, 0.05) is 19.3 Å². The van der Waals surface area contributed by atoms with Gasteiger partial charge in [-0.3, -0.25) is 14.4 Å². The highest BCUT2D eigenvalue weighted by Crippen LogP contribution is 2.16. The fourth-order valence-corrected chi connectivity index (χ4v) is 8.45. The minimum absolute atomic E-state index is 0.0744. The minimum atomic E-state index is -0.773. The predicted molar refractivity (Wildman–Crippen MR) is 302 cm³/mol. The van der Waals surface area contributed by atoms with E-state index in [0.29, 0.717) is 19.3 Å². The first-order valence-corrected chi connectivity index (χ1v) is 29.9. The molecule has 1 unspecified atom stereocenters. The van der Waals surface area contributed by atoms with Crippen molar-refractivity contribution in [1.29, 1.82) is 0 Å². The Morgan fingerprint density at radius 2 is 0.571 bits per heavy atom. The number of hydrogen-bond acceptors (Lipinski definition) is 6. The highest BCUT2D eigenvalue weighted by atomic mass is 16.6. The lowest BCUT2D eigenvalue weighted by Crippen LogP contribution is -2.30. The second kappa shape index (κ2) is 58.4. The lowest BCUT2D eigenvalue weighted by atomic mass is 10.0. The summed E-state index contributed by atoms with van der Waals surface area (Å²) >= 11 is 0. The second-order valence-corrected chi connectivity index (χ2v) is 19.9. The van der Waals surface area contributed by atoms with Crippen LogP contribution >= 0.6 is 0 Å². The quantitative estimate of drug-likeness (QED) is 0.0261. The Hall–Kier alpha value is -3.15. The monoisotopic (exact) mass is 977 g/mol. The molecule has 0 radical (unpaired) electrons. The molecule has 0 N–H and O–H groups in total. The Morgan fingerprint density at radius 1 is 0.300 bits per heavy atom. The summed E-state index contributed by atoms with van der Waals surface area (Å²) in [5.41, 5.74) is 0. The number of allylic oxidation sites excluding steroid dienone is 12. The maximum absolute atomic E-state index is 12.7. The number of ether oxygens (including phenoxy) is 3. The Bertz CT molecular complexity index is 1310. The Balaban J connectivity index is 3.98. The summed E-state index contributed by atoms with van der Waals surface area (Å²) in [5.74, 6) is -0.880. The van der Waals surface area contributed by atoms with Gasteiger partial charge in [0.15, 0.2) is 6.10 Å². The summed E-state index contributed by atoms with van der Waals surface area (Å²) < 4.78 is 16.8. The summed E-state index contributed by atoms with van der Waals surface area (Å²) in [7, 11) is 0. The molecule has 0 bridgehead atoms. The van der Waals surface area contributed by atoms with Gasteiger partial charge in [-0.15, -0.1) is 0 Å². The number of rotatable bonds is 54. The van der Waals surface area contributed by atoms with E-state index in [0.717, 1.165) is 103 Å². The molecule has 6 heteroatoms. The molecule has 0 amide bonds. The average molecular weight is 978 g/mol. The fourth-order valence-electron chi connectivity index (χ4n) is 8.45. The van der Waals surface area contributed by atoms with Crippen molar-refractivity contribution in [3.05, 3.63) is 72.9 Å². The van der Waals surface area contributed by atoms with Crippen LogP contribution in [0.2, 0.25) is 0 Å². The summed E-state index contributed by atoms with van der Waals surface area (Å²) in [4.78, 5) is 37.9. The third kappa shape index (κ3) is 55.8. The standard InChI is InChI=1S/C64H112O6/c1-4-7-10-13-16-19-21-22-23-24-25-26-27-28-29-30-31-32-33-34-35-36-37-38-39-40-41-42-44-45-48-51-54-57-63(66)69-60-61(59-68-62(65)56-53-50-47-18-15-12-9-6-3)70-64(67)58-55-52-49-46-43-20-17-14-11-8-5-2/h7,10,14,16-17,19,22-23,25-26,28-29,61H,4-6,8-9,11-13,15,18,20-21,24,27,30-60H2,1-3H3/b10-7-,17-14-,19-16-,23-22-,26-25-,29-28-. The van der Waals surface area contributed by atoms with Crippen molar-refractivity contribution in [1.82, 2.24) is 0 Å². The van der Waals surface area contributed by atoms with E-state index in [1.54, 1.807) is 0 Å². The van der Waals surface area contributed by atoms with E-state index in [1.807, 2.05) is 0 Å². The van der Waals surface area contributed by atoms with Gasteiger partial charge < -0.3 is 14.2 Å². The fraction of sp³-hybridized carbons (Fsp3) is 0.766. The van der Waals surface area contributed by atoms with Crippen LogP contribution in [0.15, 0.2) is 72.9 Å². The highest BCUT2D eigenvalue weighted by Gasteiger charge is 2.19. The number of carbonyl (C=O) groups is 3. The predicted octanol–water partition coefficient (Wildman–Crippen LogP) is 20.2. The van der Waals surface area contributed by atoms with Gasteiger partial charge in [0.2, 0.25) is 0 Å². The molecule has 0 rings (SSSR count). The van der Waals surface area contributed by atoms with E-state index >= 15 is 0 Å². The van der Waals surface area contributed by atoms with Crippen LogP contribution in [0.4, 0.5) is 0 Å². The largest absolute Gasteiger partial charge is 0.462 e. The molecule has 404 valence electrons. The van der Waals surface area contributed by atoms with Crippen molar-refractivity contribution in [2.45, 2.75) is 303 Å². The van der Waals surface area contributed by atoms with Gasteiger partial charge in [-0.2, -0.15) is 0 Å². The minimum Gasteiger partial charge on any atom is -0.462 e. The molecule has 0 spiro atoms. The summed E-state index contributed by atoms with van der Waals surface area (Å²) in [6.45, 7) is 6.47. The maximum atomic E-state index is 12.7. The van der Waals surface area contributed by atoms with Gasteiger partial charge in [0.1, 0.15) is 13.2 Å². The molecule has 1 atom stereocenters. The third-order valence-electron chi connectivity index (χ3n) is 12.9. The third-order valence-corrected chi connectivity index (χ3v) is 12.9. The molecule has 0 aromatic heterocycles. The molecule has 6 nitrogen and oxygen atoms in total. The number of esters is 3. The summed E-state index contributed by atoms with van der Waals surface area (Å²) in [6.07, 6.45) is 75.1. The van der Waals surface area contributed by atoms with E-state index in [-0.39, 0.29) is 31.1 Å². The van der Waals surface area contributed by atoms with Crippen LogP contribution in [-0.4, -0.2) is 37.2 Å². The van der Waals surface area contributed by atoms with Gasteiger partial charge in [-0.1, -0.05) is 267 Å². The van der Waals surface area contributed by atoms with E-state index in [9.17, 15) is 14.4 Å². The summed E-state index contributed by atoms with van der Waals surface area (Å²) in [6, 6.07) is 0. The highest BCUT2D eigenvalue weighted by molar-refractivity contribution is 5.71.